The highest BCUT2D eigenvalue weighted by molar-refractivity contribution is 9.09. The molecule has 1 amide bonds. The third-order valence-electron chi connectivity index (χ3n) is 1.67. The Hall–Kier alpha value is -0.0900. The van der Waals surface area contributed by atoms with Crippen LogP contribution in [0.5, 0.6) is 0 Å². The van der Waals surface area contributed by atoms with Crippen LogP contribution >= 0.6 is 15.9 Å². The topological polar surface area (TPSA) is 49.3 Å². The number of hydrogen-bond donors (Lipinski definition) is 2. The summed E-state index contributed by atoms with van der Waals surface area (Å²) in [5, 5.41) is 12.3. The van der Waals surface area contributed by atoms with E-state index in [4.69, 9.17) is 5.11 Å². The zero-order valence-electron chi connectivity index (χ0n) is 7.51. The molecule has 2 N–H and O–H groups in total. The van der Waals surface area contributed by atoms with Gasteiger partial charge in [0, 0.05) is 11.8 Å². The van der Waals surface area contributed by atoms with Crippen LogP contribution in [0.3, 0.4) is 0 Å². The smallest absolute Gasteiger partial charge is 0.221 e. The van der Waals surface area contributed by atoms with E-state index < -0.39 is 0 Å². The molecule has 72 valence electrons. The van der Waals surface area contributed by atoms with Crippen molar-refractivity contribution in [3.05, 3.63) is 0 Å². The number of nitrogens with one attached hydrogen (secondary N) is 1. The lowest BCUT2D eigenvalue weighted by Crippen LogP contribution is -2.41. The van der Waals surface area contributed by atoms with Crippen molar-refractivity contribution in [1.82, 2.24) is 5.32 Å². The molecule has 0 heterocycles. The Balaban J connectivity index is 3.77. The summed E-state index contributed by atoms with van der Waals surface area (Å²) in [5.41, 5.74) is 0. The first-order chi connectivity index (χ1) is 5.61. The second kappa shape index (κ2) is 6.43. The highest BCUT2D eigenvalue weighted by atomic mass is 79.9. The second-order valence-corrected chi connectivity index (χ2v) is 3.83. The minimum Gasteiger partial charge on any atom is -0.394 e. The first kappa shape index (κ1) is 11.9. The minimum absolute atomic E-state index is 0.00565. The fourth-order valence-corrected chi connectivity index (χ4v) is 1.15. The van der Waals surface area contributed by atoms with Crippen LogP contribution in [-0.4, -0.2) is 29.0 Å². The van der Waals surface area contributed by atoms with Crippen molar-refractivity contribution in [2.24, 2.45) is 5.92 Å². The van der Waals surface area contributed by atoms with Gasteiger partial charge < -0.3 is 10.4 Å². The fourth-order valence-electron chi connectivity index (χ4n) is 0.788. The van der Waals surface area contributed by atoms with Gasteiger partial charge in [-0.05, 0) is 5.92 Å². The number of rotatable bonds is 5. The van der Waals surface area contributed by atoms with Gasteiger partial charge in [-0.15, -0.1) is 0 Å². The first-order valence-corrected chi connectivity index (χ1v) is 5.20. The highest BCUT2D eigenvalue weighted by Crippen LogP contribution is 2.00. The van der Waals surface area contributed by atoms with E-state index in [1.165, 1.54) is 0 Å². The van der Waals surface area contributed by atoms with Crippen LogP contribution in [0.4, 0.5) is 0 Å². The largest absolute Gasteiger partial charge is 0.394 e. The van der Waals surface area contributed by atoms with Crippen LogP contribution in [-0.2, 0) is 4.79 Å². The molecule has 0 radical (unpaired) electrons. The Morgan fingerprint density at radius 2 is 2.17 bits per heavy atom. The van der Waals surface area contributed by atoms with E-state index in [0.29, 0.717) is 11.8 Å². The lowest BCUT2D eigenvalue weighted by Gasteiger charge is -2.19. The van der Waals surface area contributed by atoms with Crippen molar-refractivity contribution < 1.29 is 9.90 Å². The maximum absolute atomic E-state index is 11.1. The molecular formula is C8H16BrNO2. The van der Waals surface area contributed by atoms with Crippen molar-refractivity contribution in [3.63, 3.8) is 0 Å². The SMILES string of the molecule is CC(C)[C@@H](CO)NC(=O)CCBr. The number of amides is 1. The molecular weight excluding hydrogens is 222 g/mol. The molecule has 3 nitrogen and oxygen atoms in total. The lowest BCUT2D eigenvalue weighted by molar-refractivity contribution is -0.122. The molecule has 0 aromatic carbocycles. The standard InChI is InChI=1S/C8H16BrNO2/c1-6(2)7(5-11)10-8(12)3-4-9/h6-7,11H,3-5H2,1-2H3,(H,10,12)/t7-/m1/s1. The average molecular weight is 238 g/mol. The molecule has 0 bridgehead atoms. The van der Waals surface area contributed by atoms with E-state index in [-0.39, 0.29) is 24.5 Å². The van der Waals surface area contributed by atoms with Gasteiger partial charge in [-0.25, -0.2) is 0 Å². The van der Waals surface area contributed by atoms with Crippen LogP contribution in [0.15, 0.2) is 0 Å². The lowest BCUT2D eigenvalue weighted by atomic mass is 10.1. The quantitative estimate of drug-likeness (QED) is 0.699. The molecule has 0 rings (SSSR count). The summed E-state index contributed by atoms with van der Waals surface area (Å²) in [6, 6.07) is -0.114. The number of halogens is 1. The van der Waals surface area contributed by atoms with Crippen LogP contribution in [0.1, 0.15) is 20.3 Å². The van der Waals surface area contributed by atoms with Crippen molar-refractivity contribution in [1.29, 1.82) is 0 Å². The normalized spacial score (nSPS) is 13.1. The van der Waals surface area contributed by atoms with Gasteiger partial charge in [0.15, 0.2) is 0 Å². The van der Waals surface area contributed by atoms with Crippen LogP contribution in [0.25, 0.3) is 0 Å². The summed E-state index contributed by atoms with van der Waals surface area (Å²) in [4.78, 5) is 11.1. The van der Waals surface area contributed by atoms with E-state index in [1.54, 1.807) is 0 Å². The molecule has 0 saturated carbocycles. The summed E-state index contributed by atoms with van der Waals surface area (Å²) in [5.74, 6) is 0.258. The summed E-state index contributed by atoms with van der Waals surface area (Å²) in [6.07, 6.45) is 0.462. The number of carbonyl (C=O) groups is 1. The van der Waals surface area contributed by atoms with E-state index in [2.05, 4.69) is 21.2 Å². The number of hydrogen-bond acceptors (Lipinski definition) is 2. The number of alkyl halides is 1. The average Bonchev–Trinajstić information content (AvgIpc) is 2.00. The third kappa shape index (κ3) is 4.72. The molecule has 0 aliphatic rings. The van der Waals surface area contributed by atoms with Crippen molar-refractivity contribution >= 4 is 21.8 Å². The Labute approximate surface area is 81.7 Å². The molecule has 0 spiro atoms. The van der Waals surface area contributed by atoms with E-state index in [1.807, 2.05) is 13.8 Å². The van der Waals surface area contributed by atoms with Gasteiger partial charge in [0.25, 0.3) is 0 Å². The van der Waals surface area contributed by atoms with Crippen LogP contribution in [0, 0.1) is 5.92 Å². The molecule has 12 heavy (non-hydrogen) atoms. The maximum atomic E-state index is 11.1. The monoisotopic (exact) mass is 237 g/mol. The molecule has 0 unspecified atom stereocenters. The van der Waals surface area contributed by atoms with Crippen molar-refractivity contribution in [3.8, 4) is 0 Å². The van der Waals surface area contributed by atoms with E-state index >= 15 is 0 Å². The summed E-state index contributed by atoms with van der Waals surface area (Å²) >= 11 is 3.18. The predicted octanol–water partition coefficient (Wildman–Crippen LogP) is 0.905. The number of aliphatic hydroxyl groups excluding tert-OH is 1. The molecule has 0 aromatic rings. The van der Waals surface area contributed by atoms with Gasteiger partial charge in [-0.1, -0.05) is 29.8 Å². The third-order valence-corrected chi connectivity index (χ3v) is 2.07. The minimum atomic E-state index is -0.114. The van der Waals surface area contributed by atoms with Crippen LogP contribution < -0.4 is 5.32 Å². The fraction of sp³-hybridized carbons (Fsp3) is 0.875. The zero-order valence-corrected chi connectivity index (χ0v) is 9.10. The Morgan fingerprint density at radius 3 is 2.50 bits per heavy atom. The summed E-state index contributed by atoms with van der Waals surface area (Å²) < 4.78 is 0. The van der Waals surface area contributed by atoms with Gasteiger partial charge in [0.2, 0.25) is 5.91 Å². The van der Waals surface area contributed by atoms with E-state index in [9.17, 15) is 4.79 Å². The Kier molecular flexibility index (Phi) is 6.38. The molecule has 0 aliphatic heterocycles. The molecule has 0 aromatic heterocycles. The molecule has 0 saturated heterocycles. The second-order valence-electron chi connectivity index (χ2n) is 3.04. The number of carbonyl (C=O) groups excluding carboxylic acids is 1. The van der Waals surface area contributed by atoms with Gasteiger partial charge >= 0.3 is 0 Å². The molecule has 0 fully saturated rings. The predicted molar refractivity (Wildman–Crippen MR) is 52.3 cm³/mol. The number of aliphatic hydroxyl groups is 1. The Bertz CT molecular complexity index is 139. The van der Waals surface area contributed by atoms with Gasteiger partial charge in [-0.3, -0.25) is 4.79 Å². The van der Waals surface area contributed by atoms with Crippen molar-refractivity contribution in [2.45, 2.75) is 26.3 Å². The summed E-state index contributed by atoms with van der Waals surface area (Å²) in [7, 11) is 0. The maximum Gasteiger partial charge on any atom is 0.221 e. The Morgan fingerprint density at radius 1 is 1.58 bits per heavy atom. The molecule has 0 aliphatic carbocycles. The molecule has 4 heteroatoms. The van der Waals surface area contributed by atoms with Crippen LogP contribution in [0.2, 0.25) is 0 Å². The zero-order chi connectivity index (χ0) is 9.56. The van der Waals surface area contributed by atoms with Gasteiger partial charge in [-0.2, -0.15) is 0 Å². The summed E-state index contributed by atoms with van der Waals surface area (Å²) in [6.45, 7) is 3.94. The molecule has 1 atom stereocenters. The van der Waals surface area contributed by atoms with Gasteiger partial charge in [0.1, 0.15) is 0 Å². The van der Waals surface area contributed by atoms with E-state index in [0.717, 1.165) is 0 Å². The van der Waals surface area contributed by atoms with Gasteiger partial charge in [0.05, 0.1) is 12.6 Å². The first-order valence-electron chi connectivity index (χ1n) is 4.08. The highest BCUT2D eigenvalue weighted by Gasteiger charge is 2.13. The van der Waals surface area contributed by atoms with Crippen molar-refractivity contribution in [2.75, 3.05) is 11.9 Å².